The van der Waals surface area contributed by atoms with E-state index >= 15 is 0 Å². The van der Waals surface area contributed by atoms with Gasteiger partial charge in [0.1, 0.15) is 0 Å². The van der Waals surface area contributed by atoms with Crippen LogP contribution in [0.15, 0.2) is 23.1 Å². The molecule has 1 aliphatic heterocycles. The molecule has 1 saturated heterocycles. The van der Waals surface area contributed by atoms with E-state index in [2.05, 4.69) is 0 Å². The number of aryl methyl sites for hydroxylation is 2. The monoisotopic (exact) mass is 371 g/mol. The zero-order valence-corrected chi connectivity index (χ0v) is 15.9. The highest BCUT2D eigenvalue weighted by molar-refractivity contribution is 7.92. The normalized spacial score (nSPS) is 20.0. The van der Waals surface area contributed by atoms with Gasteiger partial charge in [0, 0.05) is 13.1 Å². The molecule has 7 heteroatoms. The molecule has 0 bridgehead atoms. The van der Waals surface area contributed by atoms with E-state index in [0.717, 1.165) is 31.2 Å². The summed E-state index contributed by atoms with van der Waals surface area (Å²) in [7, 11) is -6.81. The van der Waals surface area contributed by atoms with E-state index in [-0.39, 0.29) is 24.8 Å². The Kier molecular flexibility index (Phi) is 4.79. The Balaban J connectivity index is 1.74. The van der Waals surface area contributed by atoms with Crippen LogP contribution < -0.4 is 0 Å². The highest BCUT2D eigenvalue weighted by atomic mass is 32.2. The first-order valence-corrected chi connectivity index (χ1v) is 11.7. The molecule has 1 aromatic carbocycles. The minimum Gasteiger partial charge on any atom is -0.228 e. The van der Waals surface area contributed by atoms with Gasteiger partial charge in [0.15, 0.2) is 9.84 Å². The molecule has 0 aromatic heterocycles. The number of sulfonamides is 1. The zero-order valence-electron chi connectivity index (χ0n) is 14.2. The molecule has 5 nitrogen and oxygen atoms in total. The van der Waals surface area contributed by atoms with Gasteiger partial charge in [-0.25, -0.2) is 16.8 Å². The molecule has 0 unspecified atom stereocenters. The van der Waals surface area contributed by atoms with Crippen LogP contribution in [0.5, 0.6) is 0 Å². The Morgan fingerprint density at radius 2 is 1.67 bits per heavy atom. The Morgan fingerprint density at radius 1 is 1.04 bits per heavy atom. The maximum atomic E-state index is 12.7. The van der Waals surface area contributed by atoms with E-state index in [1.807, 2.05) is 19.9 Å². The fraction of sp³-hybridized carbons (Fsp3) is 0.647. The van der Waals surface area contributed by atoms with Gasteiger partial charge >= 0.3 is 0 Å². The summed E-state index contributed by atoms with van der Waals surface area (Å²) in [5.74, 6) is 0.172. The molecule has 1 fully saturated rings. The van der Waals surface area contributed by atoms with Crippen molar-refractivity contribution in [3.8, 4) is 0 Å². The van der Waals surface area contributed by atoms with Gasteiger partial charge in [0.05, 0.1) is 15.9 Å². The molecule has 0 radical (unpaired) electrons. The molecule has 1 aromatic rings. The predicted octanol–water partition coefficient (Wildman–Crippen LogP) is 2.01. The minimum atomic E-state index is -3.59. The highest BCUT2D eigenvalue weighted by Gasteiger charge is 2.43. The molecule has 3 rings (SSSR count). The summed E-state index contributed by atoms with van der Waals surface area (Å²) in [5.41, 5.74) is 2.35. The van der Waals surface area contributed by atoms with Gasteiger partial charge in [0.2, 0.25) is 10.0 Å². The smallest absolute Gasteiger partial charge is 0.228 e. The second-order valence-corrected chi connectivity index (χ2v) is 11.6. The van der Waals surface area contributed by atoms with Crippen molar-refractivity contribution < 1.29 is 16.8 Å². The summed E-state index contributed by atoms with van der Waals surface area (Å²) in [6, 6.07) is 5.35. The topological polar surface area (TPSA) is 71.5 Å². The molecule has 0 spiro atoms. The molecule has 0 saturated carbocycles. The van der Waals surface area contributed by atoms with Gasteiger partial charge in [-0.05, 0) is 54.9 Å². The van der Waals surface area contributed by atoms with Crippen LogP contribution in [0.4, 0.5) is 0 Å². The number of hydrogen-bond acceptors (Lipinski definition) is 4. The third-order valence-corrected chi connectivity index (χ3v) is 9.12. The van der Waals surface area contributed by atoms with Crippen LogP contribution in [-0.4, -0.2) is 45.2 Å². The SMILES string of the molecule is CC(C)CS(=O)(=O)C1CN(S(=O)(=O)c2ccc3c(c2)CCCC3)C1. The molecule has 0 amide bonds. The van der Waals surface area contributed by atoms with Crippen LogP contribution in [0.3, 0.4) is 0 Å². The zero-order chi connectivity index (χ0) is 17.5. The summed E-state index contributed by atoms with van der Waals surface area (Å²) in [6.07, 6.45) is 4.18. The van der Waals surface area contributed by atoms with E-state index in [0.29, 0.717) is 4.90 Å². The van der Waals surface area contributed by atoms with Crippen molar-refractivity contribution in [3.63, 3.8) is 0 Å². The van der Waals surface area contributed by atoms with Crippen molar-refractivity contribution in [1.29, 1.82) is 0 Å². The molecule has 134 valence electrons. The van der Waals surface area contributed by atoms with E-state index in [9.17, 15) is 16.8 Å². The van der Waals surface area contributed by atoms with Crippen LogP contribution >= 0.6 is 0 Å². The molecular formula is C17H25NO4S2. The lowest BCUT2D eigenvalue weighted by atomic mass is 9.92. The third kappa shape index (κ3) is 3.39. The van der Waals surface area contributed by atoms with Crippen LogP contribution in [0.2, 0.25) is 0 Å². The van der Waals surface area contributed by atoms with Gasteiger partial charge in [-0.15, -0.1) is 0 Å². The second kappa shape index (κ2) is 6.42. The Labute approximate surface area is 145 Å². The summed E-state index contributed by atoms with van der Waals surface area (Å²) >= 11 is 0. The van der Waals surface area contributed by atoms with Gasteiger partial charge in [-0.3, -0.25) is 0 Å². The standard InChI is InChI=1S/C17H25NO4S2/c1-13(2)12-23(19,20)17-10-18(11-17)24(21,22)16-8-7-14-5-3-4-6-15(14)9-16/h7-9,13,17H,3-6,10-12H2,1-2H3. The van der Waals surface area contributed by atoms with Crippen molar-refractivity contribution in [2.24, 2.45) is 5.92 Å². The second-order valence-electron chi connectivity index (χ2n) is 7.31. The Hall–Kier alpha value is -0.920. The molecule has 2 aliphatic rings. The highest BCUT2D eigenvalue weighted by Crippen LogP contribution is 2.29. The number of benzene rings is 1. The van der Waals surface area contributed by atoms with Crippen molar-refractivity contribution >= 4 is 19.9 Å². The first-order chi connectivity index (χ1) is 11.2. The van der Waals surface area contributed by atoms with Crippen molar-refractivity contribution in [1.82, 2.24) is 4.31 Å². The predicted molar refractivity (Wildman–Crippen MR) is 94.3 cm³/mol. The number of fused-ring (bicyclic) bond motifs is 1. The van der Waals surface area contributed by atoms with Crippen molar-refractivity contribution in [2.75, 3.05) is 18.8 Å². The summed E-state index contributed by atoms with van der Waals surface area (Å²) in [6.45, 7) is 3.87. The summed E-state index contributed by atoms with van der Waals surface area (Å²) < 4.78 is 51.1. The maximum absolute atomic E-state index is 12.7. The molecule has 1 aliphatic carbocycles. The van der Waals surface area contributed by atoms with Crippen LogP contribution in [0.25, 0.3) is 0 Å². The lowest BCUT2D eigenvalue weighted by Crippen LogP contribution is -2.57. The average molecular weight is 372 g/mol. The van der Waals surface area contributed by atoms with Crippen molar-refractivity contribution in [2.45, 2.75) is 49.7 Å². The van der Waals surface area contributed by atoms with Crippen LogP contribution in [-0.2, 0) is 32.7 Å². The van der Waals surface area contributed by atoms with Gasteiger partial charge in [-0.1, -0.05) is 19.9 Å². The summed E-state index contributed by atoms with van der Waals surface area (Å²) in [5, 5.41) is -0.563. The van der Waals surface area contributed by atoms with E-state index < -0.39 is 25.1 Å². The molecular weight excluding hydrogens is 346 g/mol. The number of rotatable bonds is 5. The largest absolute Gasteiger partial charge is 0.243 e. The maximum Gasteiger partial charge on any atom is 0.243 e. The molecule has 1 heterocycles. The Morgan fingerprint density at radius 3 is 2.29 bits per heavy atom. The summed E-state index contributed by atoms with van der Waals surface area (Å²) in [4.78, 5) is 0.294. The average Bonchev–Trinajstić information content (AvgIpc) is 2.43. The molecule has 0 N–H and O–H groups in total. The first-order valence-electron chi connectivity index (χ1n) is 8.53. The lowest BCUT2D eigenvalue weighted by Gasteiger charge is -2.37. The van der Waals surface area contributed by atoms with Crippen LogP contribution in [0.1, 0.15) is 37.8 Å². The number of sulfone groups is 1. The third-order valence-electron chi connectivity index (χ3n) is 4.85. The number of nitrogens with zero attached hydrogens (tertiary/aromatic N) is 1. The van der Waals surface area contributed by atoms with E-state index in [4.69, 9.17) is 0 Å². The van der Waals surface area contributed by atoms with E-state index in [1.54, 1.807) is 12.1 Å². The number of hydrogen-bond donors (Lipinski definition) is 0. The van der Waals surface area contributed by atoms with Gasteiger partial charge in [-0.2, -0.15) is 4.31 Å². The first kappa shape index (κ1) is 17.9. The fourth-order valence-corrected chi connectivity index (χ4v) is 7.23. The Bertz CT molecular complexity index is 822. The molecule has 0 atom stereocenters. The van der Waals surface area contributed by atoms with Crippen molar-refractivity contribution in [3.05, 3.63) is 29.3 Å². The quantitative estimate of drug-likeness (QED) is 0.794. The lowest BCUT2D eigenvalue weighted by molar-refractivity contribution is 0.309. The van der Waals surface area contributed by atoms with Gasteiger partial charge < -0.3 is 0 Å². The fourth-order valence-electron chi connectivity index (χ4n) is 3.44. The van der Waals surface area contributed by atoms with E-state index in [1.165, 1.54) is 9.87 Å². The molecule has 24 heavy (non-hydrogen) atoms. The minimum absolute atomic E-state index is 0.0568. The van der Waals surface area contributed by atoms with Gasteiger partial charge in [0.25, 0.3) is 0 Å². The van der Waals surface area contributed by atoms with Crippen LogP contribution in [0, 0.1) is 5.92 Å².